The lowest BCUT2D eigenvalue weighted by molar-refractivity contribution is 0.332. The first-order valence-corrected chi connectivity index (χ1v) is 5.97. The van der Waals surface area contributed by atoms with Crippen LogP contribution in [0.5, 0.6) is 0 Å². The predicted octanol–water partition coefficient (Wildman–Crippen LogP) is 3.21. The topological polar surface area (TPSA) is 38.0 Å². The van der Waals surface area contributed by atoms with Gasteiger partial charge in [-0.1, -0.05) is 38.8 Å². The van der Waals surface area contributed by atoms with Gasteiger partial charge in [0, 0.05) is 5.56 Å². The summed E-state index contributed by atoms with van der Waals surface area (Å²) in [5.74, 6) is 4.09. The van der Waals surface area contributed by atoms with Gasteiger partial charge in [-0.2, -0.15) is 0 Å². The molecule has 0 aromatic heterocycles. The van der Waals surface area contributed by atoms with Crippen molar-refractivity contribution in [1.29, 1.82) is 0 Å². The van der Waals surface area contributed by atoms with Gasteiger partial charge in [0.15, 0.2) is 11.6 Å². The molecule has 0 spiro atoms. The summed E-state index contributed by atoms with van der Waals surface area (Å²) in [4.78, 5) is 0. The maximum atomic E-state index is 13.9. The highest BCUT2D eigenvalue weighted by molar-refractivity contribution is 5.28. The Kier molecular flexibility index (Phi) is 5.02. The average molecular weight is 242 g/mol. The number of nitrogens with one attached hydrogen (secondary N) is 1. The molecule has 1 rings (SSSR count). The summed E-state index contributed by atoms with van der Waals surface area (Å²) in [5.41, 5.74) is 3.22. The average Bonchev–Trinajstić information content (AvgIpc) is 2.34. The molecule has 2 nitrogen and oxygen atoms in total. The van der Waals surface area contributed by atoms with Crippen LogP contribution in [0, 0.1) is 24.5 Å². The highest BCUT2D eigenvalue weighted by Crippen LogP contribution is 2.30. The van der Waals surface area contributed by atoms with Crippen molar-refractivity contribution in [3.8, 4) is 0 Å². The summed E-state index contributed by atoms with van der Waals surface area (Å²) < 4.78 is 27.4. The van der Waals surface area contributed by atoms with Gasteiger partial charge in [-0.3, -0.25) is 11.3 Å². The summed E-state index contributed by atoms with van der Waals surface area (Å²) in [5, 5.41) is 0. The molecular formula is C13H20F2N2. The summed E-state index contributed by atoms with van der Waals surface area (Å²) in [7, 11) is 0. The predicted molar refractivity (Wildman–Crippen MR) is 65.2 cm³/mol. The van der Waals surface area contributed by atoms with Crippen LogP contribution in [0.2, 0.25) is 0 Å². The van der Waals surface area contributed by atoms with Crippen LogP contribution in [-0.4, -0.2) is 0 Å². The van der Waals surface area contributed by atoms with E-state index in [-0.39, 0.29) is 12.0 Å². The number of aryl methyl sites for hydroxylation is 1. The molecule has 1 aromatic carbocycles. The molecule has 0 radical (unpaired) electrons. The molecule has 0 amide bonds. The van der Waals surface area contributed by atoms with E-state index in [0.717, 1.165) is 12.8 Å². The van der Waals surface area contributed by atoms with Crippen molar-refractivity contribution in [2.45, 2.75) is 39.7 Å². The van der Waals surface area contributed by atoms with E-state index in [2.05, 4.69) is 5.43 Å². The third-order valence-corrected chi connectivity index (χ3v) is 3.34. The van der Waals surface area contributed by atoms with Crippen molar-refractivity contribution < 1.29 is 8.78 Å². The maximum Gasteiger partial charge on any atom is 0.163 e. The van der Waals surface area contributed by atoms with Crippen LogP contribution in [-0.2, 0) is 0 Å². The second-order valence-electron chi connectivity index (χ2n) is 4.32. The number of hydrogen-bond donors (Lipinski definition) is 2. The number of nitrogens with two attached hydrogens (primary N) is 1. The molecule has 96 valence electrons. The molecule has 4 heteroatoms. The first-order chi connectivity index (χ1) is 8.06. The van der Waals surface area contributed by atoms with Crippen LogP contribution in [0.4, 0.5) is 8.78 Å². The van der Waals surface area contributed by atoms with Gasteiger partial charge >= 0.3 is 0 Å². The third-order valence-electron chi connectivity index (χ3n) is 3.34. The van der Waals surface area contributed by atoms with E-state index in [4.69, 9.17) is 5.84 Å². The Morgan fingerprint density at radius 3 is 2.24 bits per heavy atom. The van der Waals surface area contributed by atoms with Gasteiger partial charge in [-0.25, -0.2) is 8.78 Å². The van der Waals surface area contributed by atoms with Gasteiger partial charge in [0.2, 0.25) is 0 Å². The number of rotatable bonds is 5. The van der Waals surface area contributed by atoms with E-state index in [9.17, 15) is 8.78 Å². The van der Waals surface area contributed by atoms with E-state index in [1.165, 1.54) is 0 Å². The van der Waals surface area contributed by atoms with Crippen molar-refractivity contribution >= 4 is 0 Å². The molecule has 0 aliphatic carbocycles. The van der Waals surface area contributed by atoms with E-state index < -0.39 is 11.6 Å². The fourth-order valence-electron chi connectivity index (χ4n) is 2.14. The maximum absolute atomic E-state index is 13.9. The molecule has 17 heavy (non-hydrogen) atoms. The first-order valence-electron chi connectivity index (χ1n) is 5.97. The zero-order valence-corrected chi connectivity index (χ0v) is 10.6. The molecule has 3 N–H and O–H groups in total. The monoisotopic (exact) mass is 242 g/mol. The molecule has 1 aromatic rings. The highest BCUT2D eigenvalue weighted by Gasteiger charge is 2.24. The molecule has 0 saturated heterocycles. The number of halogens is 2. The molecular weight excluding hydrogens is 222 g/mol. The van der Waals surface area contributed by atoms with Gasteiger partial charge in [-0.15, -0.1) is 0 Å². The van der Waals surface area contributed by atoms with Crippen molar-refractivity contribution in [2.75, 3.05) is 0 Å². The Labute approximate surface area is 101 Å². The zero-order valence-electron chi connectivity index (χ0n) is 10.6. The molecule has 1 unspecified atom stereocenters. The minimum Gasteiger partial charge on any atom is -0.271 e. The van der Waals surface area contributed by atoms with Gasteiger partial charge in [-0.05, 0) is 18.4 Å². The van der Waals surface area contributed by atoms with Crippen LogP contribution < -0.4 is 11.3 Å². The SMILES string of the molecule is CCC(CC)C(NN)c1ccc(C)c(F)c1F. The smallest absolute Gasteiger partial charge is 0.163 e. The van der Waals surface area contributed by atoms with E-state index >= 15 is 0 Å². The van der Waals surface area contributed by atoms with Crippen LogP contribution in [0.1, 0.15) is 43.9 Å². The number of hydrogen-bond acceptors (Lipinski definition) is 2. The Morgan fingerprint density at radius 1 is 1.18 bits per heavy atom. The first kappa shape index (κ1) is 14.1. The van der Waals surface area contributed by atoms with Crippen molar-refractivity contribution in [3.63, 3.8) is 0 Å². The molecule has 0 fully saturated rings. The normalized spacial score (nSPS) is 13.1. The summed E-state index contributed by atoms with van der Waals surface area (Å²) in [6, 6.07) is 2.84. The zero-order chi connectivity index (χ0) is 13.0. The standard InChI is InChI=1S/C13H20F2N2/c1-4-9(5-2)13(17-16)10-7-6-8(3)11(14)12(10)15/h6-7,9,13,17H,4-5,16H2,1-3H3. The molecule has 0 heterocycles. The largest absolute Gasteiger partial charge is 0.271 e. The Balaban J connectivity index is 3.16. The van der Waals surface area contributed by atoms with E-state index in [1.54, 1.807) is 19.1 Å². The fourth-order valence-corrected chi connectivity index (χ4v) is 2.14. The van der Waals surface area contributed by atoms with Crippen LogP contribution in [0.3, 0.4) is 0 Å². The fraction of sp³-hybridized carbons (Fsp3) is 0.538. The highest BCUT2D eigenvalue weighted by atomic mass is 19.2. The number of benzene rings is 1. The van der Waals surface area contributed by atoms with Crippen LogP contribution >= 0.6 is 0 Å². The van der Waals surface area contributed by atoms with Gasteiger partial charge < -0.3 is 0 Å². The second-order valence-corrected chi connectivity index (χ2v) is 4.32. The molecule has 1 atom stereocenters. The summed E-state index contributed by atoms with van der Waals surface area (Å²) in [6.07, 6.45) is 1.72. The molecule has 0 saturated carbocycles. The minimum atomic E-state index is -0.792. The van der Waals surface area contributed by atoms with E-state index in [0.29, 0.717) is 11.1 Å². The molecule has 0 aliphatic heterocycles. The number of hydrazine groups is 1. The van der Waals surface area contributed by atoms with Gasteiger partial charge in [0.05, 0.1) is 6.04 Å². The lowest BCUT2D eigenvalue weighted by Gasteiger charge is -2.25. The summed E-state index contributed by atoms with van der Waals surface area (Å²) in [6.45, 7) is 5.58. The minimum absolute atomic E-state index is 0.191. The van der Waals surface area contributed by atoms with Crippen molar-refractivity contribution in [2.24, 2.45) is 11.8 Å². The molecule has 0 aliphatic rings. The summed E-state index contributed by atoms with van der Waals surface area (Å²) >= 11 is 0. The molecule has 0 bridgehead atoms. The van der Waals surface area contributed by atoms with E-state index in [1.807, 2.05) is 13.8 Å². The second kappa shape index (κ2) is 6.07. The third kappa shape index (κ3) is 2.82. The quantitative estimate of drug-likeness (QED) is 0.614. The Morgan fingerprint density at radius 2 is 1.76 bits per heavy atom. The van der Waals surface area contributed by atoms with Crippen LogP contribution in [0.15, 0.2) is 12.1 Å². The van der Waals surface area contributed by atoms with Gasteiger partial charge in [0.25, 0.3) is 0 Å². The van der Waals surface area contributed by atoms with Crippen molar-refractivity contribution in [1.82, 2.24) is 5.43 Å². The lowest BCUT2D eigenvalue weighted by atomic mass is 9.88. The Bertz CT molecular complexity index is 376. The van der Waals surface area contributed by atoms with Crippen LogP contribution in [0.25, 0.3) is 0 Å². The lowest BCUT2D eigenvalue weighted by Crippen LogP contribution is -2.34. The van der Waals surface area contributed by atoms with Crippen molar-refractivity contribution in [3.05, 3.63) is 34.9 Å². The Hall–Kier alpha value is -1.00. The van der Waals surface area contributed by atoms with Gasteiger partial charge in [0.1, 0.15) is 0 Å².